The van der Waals surface area contributed by atoms with Crippen molar-refractivity contribution in [2.45, 2.75) is 49.8 Å². The van der Waals surface area contributed by atoms with Gasteiger partial charge in [-0.1, -0.05) is 31.0 Å². The highest BCUT2D eigenvalue weighted by molar-refractivity contribution is 8.15. The summed E-state index contributed by atoms with van der Waals surface area (Å²) in [6.07, 6.45) is 5.82. The Morgan fingerprint density at radius 1 is 1.25 bits per heavy atom. The number of benzene rings is 1. The molecule has 0 bridgehead atoms. The summed E-state index contributed by atoms with van der Waals surface area (Å²) in [6.45, 7) is 0. The van der Waals surface area contributed by atoms with Crippen LogP contribution in [-0.4, -0.2) is 28.3 Å². The molecule has 1 saturated carbocycles. The number of nitrogens with zero attached hydrogens (tertiary/aromatic N) is 1. The third-order valence-electron chi connectivity index (χ3n) is 4.15. The molecule has 1 aliphatic heterocycles. The Hall–Kier alpha value is -1.89. The molecule has 0 spiro atoms. The number of hydrogen-bond donors (Lipinski definition) is 2. The molecule has 2 N–H and O–H groups in total. The van der Waals surface area contributed by atoms with Gasteiger partial charge in [-0.15, -0.1) is 0 Å². The van der Waals surface area contributed by atoms with Gasteiger partial charge in [-0.3, -0.25) is 14.6 Å². The number of amides is 2. The highest BCUT2D eigenvalue weighted by Gasteiger charge is 2.32. The monoisotopic (exact) mass is 349 g/mol. The second-order valence-electron chi connectivity index (χ2n) is 6.08. The Kier molecular flexibility index (Phi) is 5.50. The van der Waals surface area contributed by atoms with Gasteiger partial charge in [0.15, 0.2) is 5.17 Å². The van der Waals surface area contributed by atoms with Crippen molar-refractivity contribution in [1.29, 1.82) is 0 Å². The Balaban J connectivity index is 1.53. The van der Waals surface area contributed by atoms with Gasteiger partial charge in [-0.2, -0.15) is 0 Å². The fourth-order valence-electron chi connectivity index (χ4n) is 2.89. The fourth-order valence-corrected chi connectivity index (χ4v) is 3.93. The Morgan fingerprint density at radius 3 is 2.67 bits per heavy atom. The van der Waals surface area contributed by atoms with Gasteiger partial charge in [0, 0.05) is 12.1 Å². The first-order valence-electron chi connectivity index (χ1n) is 8.21. The van der Waals surface area contributed by atoms with E-state index in [9.17, 15) is 14.0 Å². The van der Waals surface area contributed by atoms with Gasteiger partial charge in [0.2, 0.25) is 11.8 Å². The molecule has 3 rings (SSSR count). The molecule has 1 aromatic rings. The number of carbonyl (C=O) groups is 2. The first kappa shape index (κ1) is 17.0. The van der Waals surface area contributed by atoms with Crippen molar-refractivity contribution >= 4 is 34.4 Å². The average Bonchev–Trinajstić information content (AvgIpc) is 2.90. The van der Waals surface area contributed by atoms with Crippen molar-refractivity contribution < 1.29 is 14.0 Å². The normalized spacial score (nSPS) is 23.3. The minimum atomic E-state index is -0.465. The molecule has 5 nitrogen and oxygen atoms in total. The molecule has 1 unspecified atom stereocenters. The summed E-state index contributed by atoms with van der Waals surface area (Å²) < 4.78 is 12.9. The molecule has 128 valence electrons. The predicted octanol–water partition coefficient (Wildman–Crippen LogP) is 3.07. The van der Waals surface area contributed by atoms with E-state index in [2.05, 4.69) is 15.6 Å². The molecule has 0 radical (unpaired) electrons. The predicted molar refractivity (Wildman–Crippen MR) is 93.5 cm³/mol. The summed E-state index contributed by atoms with van der Waals surface area (Å²) >= 11 is 1.32. The first-order chi connectivity index (χ1) is 11.6. The van der Waals surface area contributed by atoms with Gasteiger partial charge >= 0.3 is 0 Å². The quantitative estimate of drug-likeness (QED) is 0.878. The Morgan fingerprint density at radius 2 is 1.96 bits per heavy atom. The van der Waals surface area contributed by atoms with E-state index in [4.69, 9.17) is 0 Å². The van der Waals surface area contributed by atoms with Crippen molar-refractivity contribution in [2.24, 2.45) is 4.99 Å². The van der Waals surface area contributed by atoms with Gasteiger partial charge in [0.05, 0.1) is 6.04 Å². The maximum atomic E-state index is 12.9. The Labute approximate surface area is 144 Å². The van der Waals surface area contributed by atoms with E-state index in [0.29, 0.717) is 10.9 Å². The van der Waals surface area contributed by atoms with Gasteiger partial charge in [-0.05, 0) is 37.1 Å². The molecule has 1 aromatic carbocycles. The summed E-state index contributed by atoms with van der Waals surface area (Å²) in [5.74, 6) is -0.806. The maximum absolute atomic E-state index is 12.9. The van der Waals surface area contributed by atoms with Crippen LogP contribution in [0.15, 0.2) is 29.3 Å². The van der Waals surface area contributed by atoms with Crippen LogP contribution in [0.2, 0.25) is 0 Å². The van der Waals surface area contributed by atoms with E-state index < -0.39 is 5.25 Å². The van der Waals surface area contributed by atoms with Crippen LogP contribution in [0, 0.1) is 5.82 Å². The highest BCUT2D eigenvalue weighted by atomic mass is 32.2. The lowest BCUT2D eigenvalue weighted by Gasteiger charge is -2.17. The van der Waals surface area contributed by atoms with Crippen molar-refractivity contribution in [3.05, 3.63) is 30.1 Å². The van der Waals surface area contributed by atoms with Crippen LogP contribution in [0.3, 0.4) is 0 Å². The van der Waals surface area contributed by atoms with Crippen LogP contribution < -0.4 is 10.6 Å². The minimum Gasteiger partial charge on any atom is -0.326 e. The molecule has 2 aliphatic rings. The third kappa shape index (κ3) is 4.56. The zero-order valence-corrected chi connectivity index (χ0v) is 14.1. The molecule has 24 heavy (non-hydrogen) atoms. The molecular formula is C17H20FN3O2S. The van der Waals surface area contributed by atoms with Crippen LogP contribution in [0.4, 0.5) is 10.1 Å². The molecular weight excluding hydrogens is 329 g/mol. The number of hydrogen-bond acceptors (Lipinski definition) is 4. The zero-order valence-electron chi connectivity index (χ0n) is 13.3. The number of carbonyl (C=O) groups excluding carboxylic acids is 2. The molecule has 2 amide bonds. The Bertz CT molecular complexity index is 642. The summed E-state index contributed by atoms with van der Waals surface area (Å²) in [5, 5.41) is 5.61. The number of nitrogens with one attached hydrogen (secondary N) is 2. The summed E-state index contributed by atoms with van der Waals surface area (Å²) in [6, 6.07) is 5.83. The van der Waals surface area contributed by atoms with Gasteiger partial charge in [-0.25, -0.2) is 4.39 Å². The lowest BCUT2D eigenvalue weighted by atomic mass is 9.96. The lowest BCUT2D eigenvalue weighted by Crippen LogP contribution is -2.28. The largest absolute Gasteiger partial charge is 0.326 e. The van der Waals surface area contributed by atoms with E-state index >= 15 is 0 Å². The zero-order chi connectivity index (χ0) is 16.9. The summed E-state index contributed by atoms with van der Waals surface area (Å²) in [4.78, 5) is 28.7. The molecule has 2 fully saturated rings. The third-order valence-corrected chi connectivity index (χ3v) is 5.25. The van der Waals surface area contributed by atoms with Crippen molar-refractivity contribution in [1.82, 2.24) is 5.32 Å². The fraction of sp³-hybridized carbons (Fsp3) is 0.471. The van der Waals surface area contributed by atoms with Crippen LogP contribution in [0.25, 0.3) is 0 Å². The van der Waals surface area contributed by atoms with Crippen LogP contribution in [0.1, 0.15) is 38.5 Å². The molecule has 7 heteroatoms. The van der Waals surface area contributed by atoms with E-state index in [1.165, 1.54) is 55.3 Å². The topological polar surface area (TPSA) is 70.6 Å². The minimum absolute atomic E-state index is 0.0670. The number of aliphatic imine (C=N–C) groups is 1. The van der Waals surface area contributed by atoms with E-state index in [1.54, 1.807) is 0 Å². The van der Waals surface area contributed by atoms with Crippen LogP contribution in [-0.2, 0) is 9.59 Å². The standard InChI is InChI=1S/C17H20FN3O2S/c18-11-6-8-13(9-7-11)19-15(22)10-14-16(23)21-17(24-14)20-12-4-2-1-3-5-12/h6-9,12,14H,1-5,10H2,(H,19,22)(H,20,21,23). The first-order valence-corrected chi connectivity index (χ1v) is 9.09. The number of rotatable bonds is 4. The highest BCUT2D eigenvalue weighted by Crippen LogP contribution is 2.26. The number of thioether (sulfide) groups is 1. The maximum Gasteiger partial charge on any atom is 0.240 e. The summed E-state index contributed by atoms with van der Waals surface area (Å²) in [5.41, 5.74) is 0.515. The summed E-state index contributed by atoms with van der Waals surface area (Å²) in [7, 11) is 0. The molecule has 1 heterocycles. The van der Waals surface area contributed by atoms with E-state index in [0.717, 1.165) is 12.8 Å². The second-order valence-corrected chi connectivity index (χ2v) is 7.27. The lowest BCUT2D eigenvalue weighted by molar-refractivity contribution is -0.122. The smallest absolute Gasteiger partial charge is 0.240 e. The molecule has 1 saturated heterocycles. The van der Waals surface area contributed by atoms with Gasteiger partial charge in [0.25, 0.3) is 0 Å². The molecule has 1 atom stereocenters. The van der Waals surface area contributed by atoms with Gasteiger partial charge in [0.1, 0.15) is 11.1 Å². The number of anilines is 1. The molecule has 1 aliphatic carbocycles. The SMILES string of the molecule is O=C(CC1SC(=NC2CCCCC2)NC1=O)Nc1ccc(F)cc1. The van der Waals surface area contributed by atoms with Crippen LogP contribution >= 0.6 is 11.8 Å². The number of amidine groups is 1. The average molecular weight is 349 g/mol. The van der Waals surface area contributed by atoms with Crippen molar-refractivity contribution in [2.75, 3.05) is 5.32 Å². The van der Waals surface area contributed by atoms with E-state index in [1.807, 2.05) is 0 Å². The van der Waals surface area contributed by atoms with Crippen molar-refractivity contribution in [3.8, 4) is 0 Å². The van der Waals surface area contributed by atoms with Crippen LogP contribution in [0.5, 0.6) is 0 Å². The van der Waals surface area contributed by atoms with Crippen molar-refractivity contribution in [3.63, 3.8) is 0 Å². The number of halogens is 1. The second kappa shape index (κ2) is 7.79. The van der Waals surface area contributed by atoms with E-state index in [-0.39, 0.29) is 30.1 Å². The van der Waals surface area contributed by atoms with Gasteiger partial charge < -0.3 is 10.6 Å². The molecule has 0 aromatic heterocycles.